The standard InChI is InChI=1S/C16H16Cl2N2O3S/c1-24(21,22)12-6-7-13(14(18)8-12)16-15(9-19-20-16)23-11-4-2-10(17)3-5-11/h2-8,15-16,19-20H,9H2,1H3. The number of hydrogen-bond acceptors (Lipinski definition) is 5. The Morgan fingerprint density at radius 2 is 1.83 bits per heavy atom. The largest absolute Gasteiger partial charge is 0.487 e. The highest BCUT2D eigenvalue weighted by atomic mass is 35.5. The average molecular weight is 387 g/mol. The third kappa shape index (κ3) is 3.84. The number of ether oxygens (including phenoxy) is 1. The van der Waals surface area contributed by atoms with Crippen LogP contribution >= 0.6 is 23.2 Å². The van der Waals surface area contributed by atoms with E-state index in [1.165, 1.54) is 6.07 Å². The maximum absolute atomic E-state index is 11.6. The van der Waals surface area contributed by atoms with Gasteiger partial charge < -0.3 is 4.74 Å². The summed E-state index contributed by atoms with van der Waals surface area (Å²) in [6.07, 6.45) is 0.952. The van der Waals surface area contributed by atoms with E-state index in [1.807, 2.05) is 0 Å². The molecular weight excluding hydrogens is 371 g/mol. The van der Waals surface area contributed by atoms with Gasteiger partial charge in [-0.25, -0.2) is 13.8 Å². The molecule has 1 heterocycles. The molecule has 0 radical (unpaired) electrons. The molecule has 2 atom stereocenters. The molecule has 24 heavy (non-hydrogen) atoms. The summed E-state index contributed by atoms with van der Waals surface area (Å²) in [6, 6.07) is 11.6. The van der Waals surface area contributed by atoms with Crippen LogP contribution in [0.1, 0.15) is 11.6 Å². The molecule has 2 N–H and O–H groups in total. The summed E-state index contributed by atoms with van der Waals surface area (Å²) in [7, 11) is -3.30. The van der Waals surface area contributed by atoms with E-state index in [0.717, 1.165) is 11.8 Å². The van der Waals surface area contributed by atoms with E-state index < -0.39 is 9.84 Å². The van der Waals surface area contributed by atoms with Crippen LogP contribution in [0.3, 0.4) is 0 Å². The van der Waals surface area contributed by atoms with Gasteiger partial charge in [0.15, 0.2) is 9.84 Å². The zero-order valence-corrected chi connectivity index (χ0v) is 15.1. The van der Waals surface area contributed by atoms with Crippen LogP contribution in [-0.2, 0) is 9.84 Å². The number of benzene rings is 2. The SMILES string of the molecule is CS(=O)(=O)c1ccc(C2NNCC2Oc2ccc(Cl)cc2)c(Cl)c1. The first-order valence-corrected chi connectivity index (χ1v) is 9.89. The van der Waals surface area contributed by atoms with E-state index in [4.69, 9.17) is 27.9 Å². The van der Waals surface area contributed by atoms with Gasteiger partial charge in [-0.2, -0.15) is 0 Å². The molecule has 0 aromatic heterocycles. The van der Waals surface area contributed by atoms with Crippen molar-refractivity contribution in [1.82, 2.24) is 10.9 Å². The van der Waals surface area contributed by atoms with Crippen LogP contribution < -0.4 is 15.6 Å². The van der Waals surface area contributed by atoms with E-state index >= 15 is 0 Å². The fourth-order valence-corrected chi connectivity index (χ4v) is 3.68. The third-order valence-electron chi connectivity index (χ3n) is 3.77. The van der Waals surface area contributed by atoms with Crippen molar-refractivity contribution in [2.45, 2.75) is 17.0 Å². The molecule has 0 amide bonds. The van der Waals surface area contributed by atoms with Gasteiger partial charge in [-0.3, -0.25) is 5.43 Å². The number of rotatable bonds is 4. The molecule has 1 fully saturated rings. The number of nitrogens with one attached hydrogen (secondary N) is 2. The van der Waals surface area contributed by atoms with Gasteiger partial charge in [-0.1, -0.05) is 29.3 Å². The van der Waals surface area contributed by atoms with Crippen LogP contribution in [0, 0.1) is 0 Å². The van der Waals surface area contributed by atoms with Crippen LogP contribution in [0.5, 0.6) is 5.75 Å². The highest BCUT2D eigenvalue weighted by molar-refractivity contribution is 7.90. The molecule has 128 valence electrons. The zero-order valence-electron chi connectivity index (χ0n) is 12.8. The molecule has 1 aliphatic rings. The summed E-state index contributed by atoms with van der Waals surface area (Å²) < 4.78 is 29.2. The number of hydrazine groups is 1. The molecule has 5 nitrogen and oxygen atoms in total. The Kier molecular flexibility index (Phi) is 5.03. The Hall–Kier alpha value is -1.31. The molecule has 0 aliphatic carbocycles. The van der Waals surface area contributed by atoms with Crippen molar-refractivity contribution in [3.63, 3.8) is 0 Å². The first kappa shape index (κ1) is 17.5. The second-order valence-electron chi connectivity index (χ2n) is 5.57. The Morgan fingerprint density at radius 1 is 1.12 bits per heavy atom. The molecule has 3 rings (SSSR count). The van der Waals surface area contributed by atoms with Crippen LogP contribution in [-0.4, -0.2) is 27.3 Å². The highest BCUT2D eigenvalue weighted by Gasteiger charge is 2.32. The van der Waals surface area contributed by atoms with E-state index in [9.17, 15) is 8.42 Å². The minimum Gasteiger partial charge on any atom is -0.487 e. The first-order chi connectivity index (χ1) is 11.3. The molecular formula is C16H16Cl2N2O3S. The topological polar surface area (TPSA) is 67.4 Å². The maximum Gasteiger partial charge on any atom is 0.175 e. The number of hydrogen-bond donors (Lipinski definition) is 2. The third-order valence-corrected chi connectivity index (χ3v) is 5.46. The average Bonchev–Trinajstić information content (AvgIpc) is 2.96. The van der Waals surface area contributed by atoms with Gasteiger partial charge in [-0.05, 0) is 42.0 Å². The fraction of sp³-hybridized carbons (Fsp3) is 0.250. The van der Waals surface area contributed by atoms with Gasteiger partial charge in [0.1, 0.15) is 11.9 Å². The summed E-state index contributed by atoms with van der Waals surface area (Å²) in [5.74, 6) is 0.698. The van der Waals surface area contributed by atoms with Crippen molar-refractivity contribution in [3.8, 4) is 5.75 Å². The van der Waals surface area contributed by atoms with E-state index in [-0.39, 0.29) is 17.0 Å². The molecule has 1 saturated heterocycles. The lowest BCUT2D eigenvalue weighted by molar-refractivity contribution is 0.197. The van der Waals surface area contributed by atoms with E-state index in [2.05, 4.69) is 10.9 Å². The first-order valence-electron chi connectivity index (χ1n) is 7.25. The van der Waals surface area contributed by atoms with Crippen molar-refractivity contribution >= 4 is 33.0 Å². The van der Waals surface area contributed by atoms with Gasteiger partial charge in [-0.15, -0.1) is 0 Å². The molecule has 0 saturated carbocycles. The van der Waals surface area contributed by atoms with Gasteiger partial charge in [0.2, 0.25) is 0 Å². The van der Waals surface area contributed by atoms with Crippen LogP contribution in [0.4, 0.5) is 0 Å². The molecule has 2 aromatic carbocycles. The molecule has 2 aromatic rings. The summed E-state index contributed by atoms with van der Waals surface area (Å²) >= 11 is 12.2. The Labute approximate surface area is 150 Å². The normalized spacial score (nSPS) is 21.0. The lowest BCUT2D eigenvalue weighted by atomic mass is 10.0. The molecule has 2 unspecified atom stereocenters. The minimum absolute atomic E-state index is 0.192. The number of sulfone groups is 1. The predicted molar refractivity (Wildman–Crippen MR) is 94.3 cm³/mol. The summed E-state index contributed by atoms with van der Waals surface area (Å²) in [6.45, 7) is 0.581. The molecule has 8 heteroatoms. The Morgan fingerprint density at radius 3 is 2.46 bits per heavy atom. The Balaban J connectivity index is 1.84. The monoisotopic (exact) mass is 386 g/mol. The van der Waals surface area contributed by atoms with Gasteiger partial charge in [0, 0.05) is 22.8 Å². The van der Waals surface area contributed by atoms with Crippen LogP contribution in [0.25, 0.3) is 0 Å². The number of halogens is 2. The van der Waals surface area contributed by atoms with Crippen molar-refractivity contribution in [2.75, 3.05) is 12.8 Å². The molecule has 1 aliphatic heterocycles. The van der Waals surface area contributed by atoms with Crippen molar-refractivity contribution in [2.24, 2.45) is 0 Å². The quantitative estimate of drug-likeness (QED) is 0.845. The summed E-state index contributed by atoms with van der Waals surface area (Å²) in [5, 5.41) is 1.02. The van der Waals surface area contributed by atoms with Crippen molar-refractivity contribution < 1.29 is 13.2 Å². The van der Waals surface area contributed by atoms with Crippen LogP contribution in [0.15, 0.2) is 47.4 Å². The zero-order chi connectivity index (χ0) is 17.3. The second kappa shape index (κ2) is 6.90. The van der Waals surface area contributed by atoms with Crippen molar-refractivity contribution in [1.29, 1.82) is 0 Å². The van der Waals surface area contributed by atoms with Gasteiger partial charge in [0.25, 0.3) is 0 Å². The molecule has 0 spiro atoms. The summed E-state index contributed by atoms with van der Waals surface area (Å²) in [5.41, 5.74) is 6.94. The van der Waals surface area contributed by atoms with Crippen LogP contribution in [0.2, 0.25) is 10.0 Å². The predicted octanol–water partition coefficient (Wildman–Crippen LogP) is 2.99. The minimum atomic E-state index is -3.30. The Bertz CT molecular complexity index is 841. The lowest BCUT2D eigenvalue weighted by Gasteiger charge is -2.21. The lowest BCUT2D eigenvalue weighted by Crippen LogP contribution is -2.28. The maximum atomic E-state index is 11.6. The van der Waals surface area contributed by atoms with E-state index in [1.54, 1.807) is 36.4 Å². The summed E-state index contributed by atoms with van der Waals surface area (Å²) in [4.78, 5) is 0.192. The highest BCUT2D eigenvalue weighted by Crippen LogP contribution is 2.31. The fourth-order valence-electron chi connectivity index (χ4n) is 2.55. The second-order valence-corrected chi connectivity index (χ2v) is 8.43. The van der Waals surface area contributed by atoms with E-state index in [0.29, 0.717) is 22.3 Å². The molecule has 0 bridgehead atoms. The van der Waals surface area contributed by atoms with Gasteiger partial charge in [0.05, 0.1) is 10.9 Å². The van der Waals surface area contributed by atoms with Gasteiger partial charge >= 0.3 is 0 Å². The smallest absolute Gasteiger partial charge is 0.175 e. The van der Waals surface area contributed by atoms with Crippen molar-refractivity contribution in [3.05, 3.63) is 58.1 Å².